The van der Waals surface area contributed by atoms with E-state index >= 15 is 0 Å². The number of aromatic nitrogens is 3. The Labute approximate surface area is 780 Å². The summed E-state index contributed by atoms with van der Waals surface area (Å²) in [7, 11) is 0. The van der Waals surface area contributed by atoms with Gasteiger partial charge >= 0.3 is 0 Å². The highest BCUT2D eigenvalue weighted by Crippen LogP contribution is 2.51. The summed E-state index contributed by atoms with van der Waals surface area (Å²) in [5.41, 5.74) is 22.1. The van der Waals surface area contributed by atoms with Gasteiger partial charge in [-0.05, 0) is 283 Å². The lowest BCUT2D eigenvalue weighted by Gasteiger charge is -2.33. The normalized spacial score (nSPS) is 12.2. The lowest BCUT2D eigenvalue weighted by atomic mass is 9.86. The van der Waals surface area contributed by atoms with Crippen LogP contribution in [0.15, 0.2) is 324 Å². The summed E-state index contributed by atoms with van der Waals surface area (Å²) in [5, 5.41) is 1.27. The molecule has 0 unspecified atom stereocenters. The molecule has 0 radical (unpaired) electrons. The third-order valence-corrected chi connectivity index (χ3v) is 25.3. The smallest absolute Gasteiger partial charge is 0.140 e. The van der Waals surface area contributed by atoms with E-state index in [9.17, 15) is 0 Å². The molecule has 3 aromatic heterocycles. The second-order valence-electron chi connectivity index (χ2n) is 41.1. The molecule has 0 amide bonds. The van der Waals surface area contributed by atoms with Gasteiger partial charge in [0, 0.05) is 66.6 Å². The lowest BCUT2D eigenvalue weighted by Crippen LogP contribution is -2.20. The molecule has 0 saturated carbocycles. The zero-order valence-corrected chi connectivity index (χ0v) is 83.0. The fraction of sp³-hybridized carbons (Fsp3) is 0.289. The molecule has 0 aliphatic heterocycles. The number of pyridine rings is 3. The molecule has 0 N–H and O–H groups in total. The fourth-order valence-corrected chi connectivity index (χ4v) is 16.6. The minimum Gasteiger partial charge on any atom is -0.295 e. The number of nitrogens with zero attached hydrogens (tertiary/aromatic N) is 8. The van der Waals surface area contributed by atoms with Gasteiger partial charge < -0.3 is 0 Å². The van der Waals surface area contributed by atoms with Crippen molar-refractivity contribution in [3.63, 3.8) is 0 Å². The molecular formula is C114H126Br2Cl2N8. The van der Waals surface area contributed by atoms with Crippen molar-refractivity contribution in [3.05, 3.63) is 390 Å². The van der Waals surface area contributed by atoms with Crippen molar-refractivity contribution >= 4 is 141 Å². The first-order valence-electron chi connectivity index (χ1n) is 43.9. The monoisotopic (exact) mass is 1830 g/mol. The van der Waals surface area contributed by atoms with Crippen molar-refractivity contribution < 1.29 is 0 Å². The minimum atomic E-state index is -0.298. The van der Waals surface area contributed by atoms with E-state index in [4.69, 9.17) is 38.2 Å². The summed E-state index contributed by atoms with van der Waals surface area (Å²) >= 11 is 21.0. The Balaban J connectivity index is 0.000000250. The van der Waals surface area contributed by atoms with E-state index in [1.165, 1.54) is 44.5 Å². The van der Waals surface area contributed by atoms with E-state index in [-0.39, 0.29) is 43.3 Å². The average Bonchev–Trinajstić information content (AvgIpc) is 0.749. The Kier molecular flexibility index (Phi) is 28.9. The van der Waals surface area contributed by atoms with E-state index in [0.717, 1.165) is 106 Å². The maximum atomic E-state index is 8.15. The molecule has 0 saturated heterocycles. The van der Waals surface area contributed by atoms with E-state index < -0.39 is 0 Å². The Morgan fingerprint density at radius 3 is 0.683 bits per heavy atom. The summed E-state index contributed by atoms with van der Waals surface area (Å²) < 4.78 is 1.88. The van der Waals surface area contributed by atoms with Gasteiger partial charge in [-0.25, -0.2) is 15.0 Å². The predicted octanol–water partition coefficient (Wildman–Crippen LogP) is 35.4. The molecular weight excluding hydrogens is 1710 g/mol. The number of benzene rings is 11. The molecule has 14 rings (SSSR count). The van der Waals surface area contributed by atoms with Crippen molar-refractivity contribution in [2.75, 3.05) is 24.5 Å². The molecule has 0 fully saturated rings. The van der Waals surface area contributed by atoms with Crippen LogP contribution >= 0.6 is 55.1 Å². The second-order valence-corrected chi connectivity index (χ2v) is 43.5. The van der Waals surface area contributed by atoms with Crippen molar-refractivity contribution in [3.8, 4) is 0 Å². The number of rotatable bonds is 17. The molecule has 12 heteroatoms. The zero-order chi connectivity index (χ0) is 91.2. The highest BCUT2D eigenvalue weighted by atomic mass is 79.9. The van der Waals surface area contributed by atoms with Crippen LogP contribution in [0.2, 0.25) is 10.0 Å². The van der Waals surface area contributed by atoms with Crippen LogP contribution in [0.1, 0.15) is 222 Å². The molecule has 0 atom stereocenters. The molecule has 11 aromatic carbocycles. The summed E-state index contributed by atoms with van der Waals surface area (Å²) in [6, 6.07) is 112. The predicted molar refractivity (Wildman–Crippen MR) is 550 cm³/mol. The van der Waals surface area contributed by atoms with Crippen molar-refractivity contribution in [2.45, 2.75) is 216 Å². The molecule has 0 bridgehead atoms. The van der Waals surface area contributed by atoms with Crippen molar-refractivity contribution in [2.24, 2.45) is 0 Å². The molecule has 14 aromatic rings. The number of hydrogen-bond acceptors (Lipinski definition) is 8. The van der Waals surface area contributed by atoms with E-state index in [0.29, 0.717) is 16.7 Å². The number of anilines is 15. The first-order chi connectivity index (χ1) is 59.2. The summed E-state index contributed by atoms with van der Waals surface area (Å²) in [6.45, 7) is 53.8. The Morgan fingerprint density at radius 2 is 0.429 bits per heavy atom. The number of hydrogen-bond donors (Lipinski definition) is 0. The van der Waals surface area contributed by atoms with Crippen LogP contribution in [0.25, 0.3) is 0 Å². The molecule has 0 aliphatic carbocycles. The lowest BCUT2D eigenvalue weighted by molar-refractivity contribution is 0.589. The van der Waals surface area contributed by atoms with Gasteiger partial charge in [0.25, 0.3) is 0 Å². The van der Waals surface area contributed by atoms with Crippen LogP contribution in [0.3, 0.4) is 0 Å². The minimum absolute atomic E-state index is 0.00107. The largest absolute Gasteiger partial charge is 0.295 e. The van der Waals surface area contributed by atoms with Gasteiger partial charge in [0.2, 0.25) is 0 Å². The topological polar surface area (TPSA) is 54.9 Å². The van der Waals surface area contributed by atoms with Crippen LogP contribution in [0.5, 0.6) is 0 Å². The Hall–Kier alpha value is -10.6. The average molecular weight is 1840 g/mol. The molecule has 0 aliphatic rings. The van der Waals surface area contributed by atoms with Gasteiger partial charge in [-0.3, -0.25) is 24.5 Å². The fourth-order valence-electron chi connectivity index (χ4n) is 15.0. The van der Waals surface area contributed by atoms with Gasteiger partial charge in [0.1, 0.15) is 29.1 Å². The van der Waals surface area contributed by atoms with Crippen LogP contribution in [-0.4, -0.2) is 15.0 Å². The van der Waals surface area contributed by atoms with E-state index in [1.807, 2.05) is 12.1 Å². The van der Waals surface area contributed by atoms with Crippen molar-refractivity contribution in [1.29, 1.82) is 0 Å². The van der Waals surface area contributed by atoms with Gasteiger partial charge in [-0.2, -0.15) is 0 Å². The molecule has 8 nitrogen and oxygen atoms in total. The molecule has 0 spiro atoms. The van der Waals surface area contributed by atoms with Crippen LogP contribution in [-0.2, 0) is 49.7 Å². The summed E-state index contributed by atoms with van der Waals surface area (Å²) in [4.78, 5) is 27.5. The highest BCUT2D eigenvalue weighted by molar-refractivity contribution is 9.11. The maximum absolute atomic E-state index is 8.15. The van der Waals surface area contributed by atoms with Crippen LogP contribution in [0.4, 0.5) is 86.0 Å². The van der Waals surface area contributed by atoms with Crippen molar-refractivity contribution in [1.82, 2.24) is 15.0 Å². The number of halogens is 4. The molecule has 126 heavy (non-hydrogen) atoms. The molecule has 3 heterocycles. The third-order valence-electron chi connectivity index (χ3n) is 22.8. The van der Waals surface area contributed by atoms with Gasteiger partial charge in [-0.15, -0.1) is 0 Å². The van der Waals surface area contributed by atoms with E-state index in [2.05, 4.69) is 526 Å². The Morgan fingerprint density at radius 1 is 0.214 bits per heavy atom. The SMILES string of the molecule is CC(C)(C)c1cc(Br)c(Cl)c(Br)c1.CC(C)(C)c1ccc(N(c2ccc(C(C)(C)C)cc2)c2cccc(Cc3ccccc3)n2)cc1.CC(C)(C)c1ccc(N(c2ccc(C(C)(C)C)cc2)c2cccc(N(c3ccccc3)c3cc(C(C)(C)C)cc(N(c4ccccc4)c4cccc(N(c5ccc(C(C)(C)C)cc5)c5ccc(C(C)(C)C)cc5)n4)c3Cl)n2)cc1. The highest BCUT2D eigenvalue weighted by Gasteiger charge is 2.32. The first kappa shape index (κ1) is 94.5. The standard InChI is InChI=1S/C72H79ClN6.C32H36N2.C10H11Br2Cl/c1-68(2,3)50-32-40-57(41-33-50)76(58-42-34-51(35-43-58)69(4,5)6)63-28-22-30-65(74-63)78(55-24-18-16-19-25-55)61-48-54(72(13,14)15)49-62(67(61)73)79(56-26-20-17-21-27-56)66-31-23-29-64(75-66)77(59-44-36-52(37-45-59)70(7,8)9)60-46-38-53(39-47-60)71(10,11)12;1-31(2,3)25-15-19-28(20-16-25)34(29-21-17-26(18-22-29)32(4,5)6)30-14-10-13-27(33-30)23-24-11-8-7-9-12-24;1-10(2,3)6-4-7(11)9(13)8(12)5-6/h16-49H,1-15H3;7-22H,23H2,1-6H3;4-5H,1-3H3. The quantitative estimate of drug-likeness (QED) is 0.0836. The third kappa shape index (κ3) is 23.4. The van der Waals surface area contributed by atoms with Crippen LogP contribution in [0, 0.1) is 0 Å². The number of para-hydroxylation sites is 2. The zero-order valence-electron chi connectivity index (χ0n) is 78.3. The first-order valence-corrected chi connectivity index (χ1v) is 46.2. The maximum Gasteiger partial charge on any atom is 0.140 e. The Bertz CT molecular complexity index is 5540. The van der Waals surface area contributed by atoms with Gasteiger partial charge in [0.15, 0.2) is 0 Å². The molecule has 650 valence electrons. The van der Waals surface area contributed by atoms with Crippen LogP contribution < -0.4 is 24.5 Å². The van der Waals surface area contributed by atoms with E-state index in [1.54, 1.807) is 0 Å². The second kappa shape index (κ2) is 38.5. The van der Waals surface area contributed by atoms with Gasteiger partial charge in [-0.1, -0.05) is 347 Å². The summed E-state index contributed by atoms with van der Waals surface area (Å²) in [6.07, 6.45) is 0.814. The van der Waals surface area contributed by atoms with Gasteiger partial charge in [0.05, 0.1) is 21.4 Å². The summed E-state index contributed by atoms with van der Waals surface area (Å²) in [5.74, 6) is 3.89.